The summed E-state index contributed by atoms with van der Waals surface area (Å²) in [7, 11) is 0. The van der Waals surface area contributed by atoms with Crippen LogP contribution in [-0.2, 0) is 10.3 Å². The number of hydrogen-bond acceptors (Lipinski definition) is 5. The zero-order chi connectivity index (χ0) is 24.7. The molecule has 1 aliphatic heterocycles. The fourth-order valence-electron chi connectivity index (χ4n) is 3.64. The summed E-state index contributed by atoms with van der Waals surface area (Å²) in [6, 6.07) is 14.2. The van der Waals surface area contributed by atoms with Crippen LogP contribution in [0.5, 0.6) is 11.6 Å². The molecule has 0 atom stereocenters. The van der Waals surface area contributed by atoms with E-state index >= 15 is 0 Å². The molecule has 2 aromatic carbocycles. The lowest BCUT2D eigenvalue weighted by Gasteiger charge is -2.49. The summed E-state index contributed by atoms with van der Waals surface area (Å²) in [6.45, 7) is 5.51. The molecule has 2 heterocycles. The molecule has 0 radical (unpaired) electrons. The SMILES string of the molecule is CC(C)(C)OC(=O)N1CC(Oc2ccc3cccc(Cl)c3n2)(c2ccc(OC(F)(F)F)cc2)C1. The molecule has 1 saturated heterocycles. The zero-order valence-corrected chi connectivity index (χ0v) is 19.4. The Balaban J connectivity index is 1.63. The molecule has 4 rings (SSSR count). The molecule has 1 fully saturated rings. The number of likely N-dealkylation sites (tertiary alicyclic amines) is 1. The van der Waals surface area contributed by atoms with Crippen LogP contribution in [0.1, 0.15) is 26.3 Å². The van der Waals surface area contributed by atoms with E-state index in [4.69, 9.17) is 21.1 Å². The number of ether oxygens (including phenoxy) is 3. The topological polar surface area (TPSA) is 60.9 Å². The third-order valence-electron chi connectivity index (χ3n) is 5.10. The van der Waals surface area contributed by atoms with Crippen molar-refractivity contribution < 1.29 is 32.2 Å². The van der Waals surface area contributed by atoms with E-state index in [9.17, 15) is 18.0 Å². The van der Waals surface area contributed by atoms with Gasteiger partial charge in [0.2, 0.25) is 5.88 Å². The first kappa shape index (κ1) is 23.9. The highest BCUT2D eigenvalue weighted by atomic mass is 35.5. The number of halogens is 4. The molecule has 3 aromatic rings. The van der Waals surface area contributed by atoms with Gasteiger partial charge in [-0.1, -0.05) is 35.9 Å². The van der Waals surface area contributed by atoms with Gasteiger partial charge in [0.05, 0.1) is 23.6 Å². The molecule has 0 N–H and O–H groups in total. The Morgan fingerprint density at radius 2 is 1.71 bits per heavy atom. The summed E-state index contributed by atoms with van der Waals surface area (Å²) in [6.07, 6.45) is -5.31. The highest BCUT2D eigenvalue weighted by molar-refractivity contribution is 6.35. The first-order valence-electron chi connectivity index (χ1n) is 10.4. The minimum Gasteiger partial charge on any atom is -0.462 e. The Morgan fingerprint density at radius 3 is 2.32 bits per heavy atom. The third kappa shape index (κ3) is 5.30. The molecule has 0 aliphatic carbocycles. The predicted molar refractivity (Wildman–Crippen MR) is 120 cm³/mol. The van der Waals surface area contributed by atoms with Crippen molar-refractivity contribution in [3.63, 3.8) is 0 Å². The van der Waals surface area contributed by atoms with Gasteiger partial charge in [-0.15, -0.1) is 13.2 Å². The summed E-state index contributed by atoms with van der Waals surface area (Å²) in [5.74, 6) is -0.0922. The molecule has 6 nitrogen and oxygen atoms in total. The van der Waals surface area contributed by atoms with Gasteiger partial charge in [-0.25, -0.2) is 9.78 Å². The lowest BCUT2D eigenvalue weighted by Crippen LogP contribution is -2.64. The van der Waals surface area contributed by atoms with Crippen LogP contribution in [0.3, 0.4) is 0 Å². The molecular formula is C24H22ClF3N2O4. The van der Waals surface area contributed by atoms with Gasteiger partial charge in [-0.2, -0.15) is 0 Å². The van der Waals surface area contributed by atoms with Crippen molar-refractivity contribution in [3.8, 4) is 11.6 Å². The molecule has 34 heavy (non-hydrogen) atoms. The quantitative estimate of drug-likeness (QED) is 0.425. The van der Waals surface area contributed by atoms with E-state index < -0.39 is 23.7 Å². The van der Waals surface area contributed by atoms with Crippen LogP contribution in [0.4, 0.5) is 18.0 Å². The van der Waals surface area contributed by atoms with Crippen molar-refractivity contribution in [1.82, 2.24) is 9.88 Å². The monoisotopic (exact) mass is 494 g/mol. The molecule has 1 aromatic heterocycles. The highest BCUT2D eigenvalue weighted by Crippen LogP contribution is 2.39. The van der Waals surface area contributed by atoms with Crippen LogP contribution in [0.25, 0.3) is 10.9 Å². The van der Waals surface area contributed by atoms with E-state index in [1.807, 2.05) is 18.2 Å². The van der Waals surface area contributed by atoms with Crippen LogP contribution < -0.4 is 9.47 Å². The minimum absolute atomic E-state index is 0.115. The number of para-hydroxylation sites is 1. The summed E-state index contributed by atoms with van der Waals surface area (Å²) in [5, 5.41) is 1.28. The number of nitrogens with zero attached hydrogens (tertiary/aromatic N) is 2. The standard InChI is InChI=1S/C24H22ClF3N2O4/c1-22(2,3)34-21(31)30-13-23(14-30,16-8-10-17(11-9-16)32-24(26,27)28)33-19-12-7-15-5-4-6-18(25)20(15)29-19/h4-12H,13-14H2,1-3H3. The maximum absolute atomic E-state index is 12.6. The van der Waals surface area contributed by atoms with Crippen molar-refractivity contribution in [3.05, 3.63) is 65.2 Å². The number of pyridine rings is 1. The molecule has 1 amide bonds. The Kier molecular flexibility index (Phi) is 6.01. The van der Waals surface area contributed by atoms with Crippen molar-refractivity contribution in [2.24, 2.45) is 0 Å². The van der Waals surface area contributed by atoms with Crippen molar-refractivity contribution in [2.75, 3.05) is 13.1 Å². The number of aromatic nitrogens is 1. The normalized spacial score (nSPS) is 15.6. The Bertz CT molecular complexity index is 1200. The third-order valence-corrected chi connectivity index (χ3v) is 5.41. The summed E-state index contributed by atoms with van der Waals surface area (Å²) in [4.78, 5) is 18.5. The lowest BCUT2D eigenvalue weighted by atomic mass is 9.86. The van der Waals surface area contributed by atoms with Gasteiger partial charge in [-0.3, -0.25) is 4.90 Å². The lowest BCUT2D eigenvalue weighted by molar-refractivity contribution is -0.274. The summed E-state index contributed by atoms with van der Waals surface area (Å²) in [5.41, 5.74) is -0.615. The molecule has 0 spiro atoms. The predicted octanol–water partition coefficient (Wildman–Crippen LogP) is 6.31. The van der Waals surface area contributed by atoms with Gasteiger partial charge in [0.25, 0.3) is 0 Å². The maximum atomic E-state index is 12.6. The number of rotatable bonds is 4. The summed E-state index contributed by atoms with van der Waals surface area (Å²) < 4.78 is 53.3. The van der Waals surface area contributed by atoms with E-state index in [2.05, 4.69) is 9.72 Å². The van der Waals surface area contributed by atoms with E-state index in [1.165, 1.54) is 29.2 Å². The van der Waals surface area contributed by atoms with E-state index in [0.717, 1.165) is 5.39 Å². The average molecular weight is 495 g/mol. The van der Waals surface area contributed by atoms with Crippen molar-refractivity contribution >= 4 is 28.6 Å². The zero-order valence-electron chi connectivity index (χ0n) is 18.6. The fourth-order valence-corrected chi connectivity index (χ4v) is 3.87. The molecule has 1 aliphatic rings. The number of carbonyl (C=O) groups excluding carboxylic acids is 1. The molecule has 10 heteroatoms. The highest BCUT2D eigenvalue weighted by Gasteiger charge is 2.50. The number of carbonyl (C=O) groups is 1. The second kappa shape index (κ2) is 8.54. The second-order valence-electron chi connectivity index (χ2n) is 8.97. The largest absolute Gasteiger partial charge is 0.573 e. The molecule has 0 bridgehead atoms. The molecular weight excluding hydrogens is 473 g/mol. The maximum Gasteiger partial charge on any atom is 0.573 e. The van der Waals surface area contributed by atoms with E-state index in [-0.39, 0.29) is 24.7 Å². The van der Waals surface area contributed by atoms with Crippen LogP contribution in [0.15, 0.2) is 54.6 Å². The first-order valence-corrected chi connectivity index (χ1v) is 10.8. The smallest absolute Gasteiger partial charge is 0.462 e. The second-order valence-corrected chi connectivity index (χ2v) is 9.37. The van der Waals surface area contributed by atoms with Gasteiger partial charge in [0, 0.05) is 11.5 Å². The van der Waals surface area contributed by atoms with Gasteiger partial charge in [0.1, 0.15) is 11.4 Å². The van der Waals surface area contributed by atoms with Crippen molar-refractivity contribution in [1.29, 1.82) is 0 Å². The van der Waals surface area contributed by atoms with Gasteiger partial charge in [0.15, 0.2) is 5.60 Å². The van der Waals surface area contributed by atoms with Gasteiger partial charge < -0.3 is 14.2 Å². The fraction of sp³-hybridized carbons (Fsp3) is 0.333. The molecule has 180 valence electrons. The van der Waals surface area contributed by atoms with Crippen LogP contribution in [0, 0.1) is 0 Å². The van der Waals surface area contributed by atoms with Crippen LogP contribution in [0.2, 0.25) is 5.02 Å². The minimum atomic E-state index is -4.80. The molecule has 0 saturated carbocycles. The summed E-state index contributed by atoms with van der Waals surface area (Å²) >= 11 is 6.27. The number of amides is 1. The van der Waals surface area contributed by atoms with E-state index in [0.29, 0.717) is 16.1 Å². The molecule has 0 unspecified atom stereocenters. The number of alkyl halides is 3. The first-order chi connectivity index (χ1) is 15.8. The Labute approximate surface area is 199 Å². The number of fused-ring (bicyclic) bond motifs is 1. The number of hydrogen-bond donors (Lipinski definition) is 0. The average Bonchev–Trinajstić information content (AvgIpc) is 2.69. The van der Waals surface area contributed by atoms with E-state index in [1.54, 1.807) is 32.9 Å². The van der Waals surface area contributed by atoms with Crippen LogP contribution in [-0.4, -0.2) is 41.0 Å². The Morgan fingerprint density at radius 1 is 1.03 bits per heavy atom. The van der Waals surface area contributed by atoms with Crippen LogP contribution >= 0.6 is 11.6 Å². The van der Waals surface area contributed by atoms with Gasteiger partial charge in [-0.05, 0) is 50.6 Å². The Hall–Kier alpha value is -3.20. The van der Waals surface area contributed by atoms with Gasteiger partial charge >= 0.3 is 12.5 Å². The number of benzene rings is 2. The van der Waals surface area contributed by atoms with Crippen molar-refractivity contribution in [2.45, 2.75) is 38.3 Å².